The highest BCUT2D eigenvalue weighted by atomic mass is 15.1. The average molecular weight is 360 g/mol. The van der Waals surface area contributed by atoms with Crippen molar-refractivity contribution in [2.45, 2.75) is 50.0 Å². The molecule has 27 heavy (non-hydrogen) atoms. The van der Waals surface area contributed by atoms with Crippen molar-refractivity contribution in [2.75, 3.05) is 14.1 Å². The Labute approximate surface area is 163 Å². The zero-order chi connectivity index (χ0) is 18.9. The predicted molar refractivity (Wildman–Crippen MR) is 115 cm³/mol. The first kappa shape index (κ1) is 18.3. The molecule has 141 valence electrons. The Hall–Kier alpha value is -2.06. The third-order valence-corrected chi connectivity index (χ3v) is 6.66. The van der Waals surface area contributed by atoms with Gasteiger partial charge < -0.3 is 4.98 Å². The van der Waals surface area contributed by atoms with E-state index in [0.717, 1.165) is 12.8 Å². The van der Waals surface area contributed by atoms with Crippen molar-refractivity contribution in [1.82, 2.24) is 9.88 Å². The van der Waals surface area contributed by atoms with Crippen LogP contribution in [0.2, 0.25) is 0 Å². The van der Waals surface area contributed by atoms with Gasteiger partial charge in [-0.05, 0) is 75.7 Å². The van der Waals surface area contributed by atoms with Crippen molar-refractivity contribution in [3.63, 3.8) is 0 Å². The second kappa shape index (κ2) is 7.52. The number of benzene rings is 2. The molecule has 2 aromatic carbocycles. The van der Waals surface area contributed by atoms with Crippen LogP contribution >= 0.6 is 0 Å². The molecular formula is C25H31N2. The number of para-hydroxylation sites is 1. The zero-order valence-electron chi connectivity index (χ0n) is 16.7. The van der Waals surface area contributed by atoms with E-state index in [0.29, 0.717) is 5.92 Å². The van der Waals surface area contributed by atoms with Crippen LogP contribution in [0.5, 0.6) is 0 Å². The molecule has 4 rings (SSSR count). The van der Waals surface area contributed by atoms with Crippen LogP contribution in [0.4, 0.5) is 0 Å². The van der Waals surface area contributed by atoms with Crippen LogP contribution in [0, 0.1) is 6.92 Å². The Morgan fingerprint density at radius 2 is 1.67 bits per heavy atom. The first-order valence-electron chi connectivity index (χ1n) is 10.3. The summed E-state index contributed by atoms with van der Waals surface area (Å²) < 4.78 is 0. The Balaban J connectivity index is 1.64. The predicted octanol–water partition coefficient (Wildman–Crippen LogP) is 6.05. The van der Waals surface area contributed by atoms with E-state index in [9.17, 15) is 0 Å². The number of aryl methyl sites for hydroxylation is 1. The lowest BCUT2D eigenvalue weighted by Gasteiger charge is -2.45. The molecule has 1 fully saturated rings. The van der Waals surface area contributed by atoms with Gasteiger partial charge in [0.05, 0.1) is 0 Å². The van der Waals surface area contributed by atoms with E-state index in [-0.39, 0.29) is 5.54 Å². The van der Waals surface area contributed by atoms with Crippen LogP contribution in [-0.2, 0) is 12.0 Å². The van der Waals surface area contributed by atoms with Crippen molar-refractivity contribution in [1.29, 1.82) is 0 Å². The minimum Gasteiger partial charge on any atom is -0.358 e. The van der Waals surface area contributed by atoms with Gasteiger partial charge in [-0.3, -0.25) is 4.90 Å². The lowest BCUT2D eigenvalue weighted by molar-refractivity contribution is 0.0903. The lowest BCUT2D eigenvalue weighted by Crippen LogP contribution is -2.44. The standard InChI is InChI=1S/C25H31N2/c1-4-10-22-21-13-8-9-14-23(21)26-24(22)19-15-17-25(18-16-19,27(2)3)20-11-6-5-7-12-20/h5-9,11-14,19,26H,1,4,10,15-18H2,2-3H3. The molecule has 1 aliphatic carbocycles. The van der Waals surface area contributed by atoms with Gasteiger partial charge in [-0.2, -0.15) is 0 Å². The van der Waals surface area contributed by atoms with E-state index >= 15 is 0 Å². The van der Waals surface area contributed by atoms with E-state index in [1.54, 1.807) is 0 Å². The van der Waals surface area contributed by atoms with Gasteiger partial charge in [0.2, 0.25) is 0 Å². The maximum Gasteiger partial charge on any atom is 0.0459 e. The number of nitrogens with one attached hydrogen (secondary N) is 1. The lowest BCUT2D eigenvalue weighted by atomic mass is 9.70. The second-order valence-corrected chi connectivity index (χ2v) is 8.23. The Morgan fingerprint density at radius 1 is 1.00 bits per heavy atom. The molecule has 0 amide bonds. The fourth-order valence-electron chi connectivity index (χ4n) is 5.14. The summed E-state index contributed by atoms with van der Waals surface area (Å²) in [5, 5.41) is 1.39. The molecule has 0 saturated heterocycles. The largest absolute Gasteiger partial charge is 0.358 e. The van der Waals surface area contributed by atoms with E-state index in [1.165, 1.54) is 53.4 Å². The van der Waals surface area contributed by atoms with Gasteiger partial charge >= 0.3 is 0 Å². The summed E-state index contributed by atoms with van der Waals surface area (Å²) >= 11 is 0. The highest BCUT2D eigenvalue weighted by Crippen LogP contribution is 2.47. The zero-order valence-corrected chi connectivity index (χ0v) is 16.7. The number of aromatic amines is 1. The number of hydrogen-bond acceptors (Lipinski definition) is 1. The molecule has 1 heterocycles. The third-order valence-electron chi connectivity index (χ3n) is 6.66. The van der Waals surface area contributed by atoms with Crippen LogP contribution in [0.3, 0.4) is 0 Å². The first-order valence-corrected chi connectivity index (χ1v) is 10.3. The SMILES string of the molecule is [CH2]CCc1c(C2CCC(c3ccccc3)(N(C)C)CC2)[nH]c2ccccc12. The van der Waals surface area contributed by atoms with Crippen LogP contribution in [-0.4, -0.2) is 24.0 Å². The summed E-state index contributed by atoms with van der Waals surface area (Å²) in [6, 6.07) is 19.8. The molecule has 1 aromatic heterocycles. The minimum atomic E-state index is 0.163. The van der Waals surface area contributed by atoms with Gasteiger partial charge in [-0.15, -0.1) is 0 Å². The van der Waals surface area contributed by atoms with Crippen molar-refractivity contribution in [2.24, 2.45) is 0 Å². The van der Waals surface area contributed by atoms with E-state index in [2.05, 4.69) is 85.5 Å². The number of fused-ring (bicyclic) bond motifs is 1. The highest BCUT2D eigenvalue weighted by Gasteiger charge is 2.39. The summed E-state index contributed by atoms with van der Waals surface area (Å²) in [5.41, 5.74) is 5.88. The maximum absolute atomic E-state index is 4.12. The Kier molecular flexibility index (Phi) is 5.10. The van der Waals surface area contributed by atoms with Gasteiger partial charge in [-0.25, -0.2) is 0 Å². The van der Waals surface area contributed by atoms with Crippen molar-refractivity contribution in [3.8, 4) is 0 Å². The molecule has 1 saturated carbocycles. The Bertz CT molecular complexity index is 883. The normalized spacial score (nSPS) is 23.2. The summed E-state index contributed by atoms with van der Waals surface area (Å²) in [6.07, 6.45) is 6.87. The summed E-state index contributed by atoms with van der Waals surface area (Å²) in [7, 11) is 4.48. The van der Waals surface area contributed by atoms with Crippen molar-refractivity contribution in [3.05, 3.63) is 78.3 Å². The fraction of sp³-hybridized carbons (Fsp3) is 0.400. The number of nitrogens with zero attached hydrogens (tertiary/aromatic N) is 1. The summed E-state index contributed by atoms with van der Waals surface area (Å²) in [5.74, 6) is 0.621. The highest BCUT2D eigenvalue weighted by molar-refractivity contribution is 5.84. The topological polar surface area (TPSA) is 19.0 Å². The van der Waals surface area contributed by atoms with Gasteiger partial charge in [-0.1, -0.05) is 55.5 Å². The van der Waals surface area contributed by atoms with E-state index in [1.807, 2.05) is 0 Å². The van der Waals surface area contributed by atoms with Gasteiger partial charge in [0.25, 0.3) is 0 Å². The molecular weight excluding hydrogens is 328 g/mol. The minimum absolute atomic E-state index is 0.163. The molecule has 0 atom stereocenters. The second-order valence-electron chi connectivity index (χ2n) is 8.23. The van der Waals surface area contributed by atoms with Crippen LogP contribution < -0.4 is 0 Å². The molecule has 0 unspecified atom stereocenters. The number of hydrogen-bond donors (Lipinski definition) is 1. The molecule has 0 bridgehead atoms. The Morgan fingerprint density at radius 3 is 2.33 bits per heavy atom. The van der Waals surface area contributed by atoms with Crippen molar-refractivity contribution >= 4 is 10.9 Å². The van der Waals surface area contributed by atoms with Gasteiger partial charge in [0.15, 0.2) is 0 Å². The van der Waals surface area contributed by atoms with Gasteiger partial charge in [0, 0.05) is 22.1 Å². The molecule has 0 aliphatic heterocycles. The van der Waals surface area contributed by atoms with Crippen molar-refractivity contribution < 1.29 is 0 Å². The van der Waals surface area contributed by atoms with Gasteiger partial charge in [0.1, 0.15) is 0 Å². The smallest absolute Gasteiger partial charge is 0.0459 e. The quantitative estimate of drug-likeness (QED) is 0.587. The molecule has 1 radical (unpaired) electrons. The number of rotatable bonds is 5. The molecule has 3 aromatic rings. The number of aromatic nitrogens is 1. The summed E-state index contributed by atoms with van der Waals surface area (Å²) in [4.78, 5) is 6.22. The third kappa shape index (κ3) is 3.21. The molecule has 2 nitrogen and oxygen atoms in total. The molecule has 0 spiro atoms. The van der Waals surface area contributed by atoms with Crippen LogP contribution in [0.25, 0.3) is 10.9 Å². The summed E-state index contributed by atoms with van der Waals surface area (Å²) in [6.45, 7) is 4.12. The maximum atomic E-state index is 4.12. The number of H-pyrrole nitrogens is 1. The average Bonchev–Trinajstić information content (AvgIpc) is 3.07. The van der Waals surface area contributed by atoms with E-state index < -0.39 is 0 Å². The molecule has 1 aliphatic rings. The monoisotopic (exact) mass is 359 g/mol. The van der Waals surface area contributed by atoms with Crippen LogP contribution in [0.15, 0.2) is 54.6 Å². The fourth-order valence-corrected chi connectivity index (χ4v) is 5.14. The first-order chi connectivity index (χ1) is 13.2. The van der Waals surface area contributed by atoms with E-state index in [4.69, 9.17) is 0 Å². The molecule has 2 heteroatoms. The van der Waals surface area contributed by atoms with Crippen LogP contribution in [0.1, 0.15) is 54.8 Å². The molecule has 1 N–H and O–H groups in total.